The summed E-state index contributed by atoms with van der Waals surface area (Å²) < 4.78 is 0. The summed E-state index contributed by atoms with van der Waals surface area (Å²) in [6, 6.07) is 13.6. The van der Waals surface area contributed by atoms with Gasteiger partial charge in [0.15, 0.2) is 0 Å². The Morgan fingerprint density at radius 1 is 1.29 bits per heavy atom. The first-order valence-corrected chi connectivity index (χ1v) is 10.3. The van der Waals surface area contributed by atoms with Crippen molar-refractivity contribution >= 4 is 46.0 Å². The number of nitrogens with one attached hydrogen (secondary N) is 2. The number of fused-ring (bicyclic) bond motifs is 2. The smallest absolute Gasteiger partial charge is 0.234 e. The van der Waals surface area contributed by atoms with Crippen molar-refractivity contribution in [3.05, 3.63) is 53.9 Å². The van der Waals surface area contributed by atoms with Crippen molar-refractivity contribution in [2.75, 3.05) is 22.5 Å². The number of anilines is 2. The van der Waals surface area contributed by atoms with Crippen molar-refractivity contribution in [1.29, 1.82) is 0 Å². The highest BCUT2D eigenvalue weighted by Gasteiger charge is 2.22. The fourth-order valence-electron chi connectivity index (χ4n) is 3.45. The van der Waals surface area contributed by atoms with Crippen LogP contribution in [0, 0.1) is 0 Å². The number of para-hydroxylation sites is 2. The van der Waals surface area contributed by atoms with Gasteiger partial charge in [-0.05, 0) is 49.2 Å². The Balaban J connectivity index is 1.35. The Morgan fingerprint density at radius 3 is 2.89 bits per heavy atom. The summed E-state index contributed by atoms with van der Waals surface area (Å²) in [4.78, 5) is 33.7. The summed E-state index contributed by atoms with van der Waals surface area (Å²) in [5.41, 5.74) is 4.75. The molecule has 2 N–H and O–H groups in total. The highest BCUT2D eigenvalue weighted by Crippen LogP contribution is 2.31. The van der Waals surface area contributed by atoms with E-state index in [4.69, 9.17) is 0 Å². The molecule has 6 nitrogen and oxygen atoms in total. The number of aromatic amines is 1. The van der Waals surface area contributed by atoms with E-state index in [1.54, 1.807) is 23.6 Å². The fourth-order valence-corrected chi connectivity index (χ4v) is 4.19. The number of amides is 2. The molecular weight excluding hydrogens is 372 g/mol. The molecule has 144 valence electrons. The quantitative estimate of drug-likeness (QED) is 0.688. The van der Waals surface area contributed by atoms with Crippen LogP contribution in [-0.2, 0) is 16.0 Å². The van der Waals surface area contributed by atoms with E-state index >= 15 is 0 Å². The van der Waals surface area contributed by atoms with Gasteiger partial charge in [0.2, 0.25) is 11.8 Å². The molecule has 0 aliphatic carbocycles. The predicted octanol–water partition coefficient (Wildman–Crippen LogP) is 3.90. The summed E-state index contributed by atoms with van der Waals surface area (Å²) in [5, 5.41) is 3.04. The molecule has 2 heterocycles. The van der Waals surface area contributed by atoms with E-state index in [0.29, 0.717) is 12.3 Å². The van der Waals surface area contributed by atoms with Crippen LogP contribution >= 0.6 is 11.8 Å². The molecule has 2 amide bonds. The normalized spacial score (nSPS) is 14.1. The van der Waals surface area contributed by atoms with Gasteiger partial charge in [-0.3, -0.25) is 9.59 Å². The molecule has 1 aromatic heterocycles. The fraction of sp³-hybridized carbons (Fsp3) is 0.286. The lowest BCUT2D eigenvalue weighted by atomic mass is 10.1. The zero-order chi connectivity index (χ0) is 19.7. The third kappa shape index (κ3) is 3.75. The zero-order valence-electron chi connectivity index (χ0n) is 15.9. The van der Waals surface area contributed by atoms with Crippen LogP contribution < -0.4 is 10.2 Å². The molecule has 28 heavy (non-hydrogen) atoms. The standard InChI is InChI=1S/C21H22N4O2S/c1-13(21-23-17-5-3-4-6-18(17)24-21)28-12-20(27)22-16-7-8-19-15(11-16)9-10-25(19)14(2)26/h3-8,11,13H,9-10,12H2,1-2H3,(H,22,27)(H,23,24). The minimum Gasteiger partial charge on any atom is -0.341 e. The molecule has 0 saturated carbocycles. The lowest BCUT2D eigenvalue weighted by molar-refractivity contribution is -0.116. The molecule has 2 aromatic carbocycles. The topological polar surface area (TPSA) is 78.1 Å². The number of carbonyl (C=O) groups excluding carboxylic acids is 2. The molecule has 7 heteroatoms. The van der Waals surface area contributed by atoms with Crippen molar-refractivity contribution in [2.24, 2.45) is 0 Å². The van der Waals surface area contributed by atoms with Gasteiger partial charge in [-0.1, -0.05) is 12.1 Å². The maximum atomic E-state index is 12.4. The molecule has 1 atom stereocenters. The van der Waals surface area contributed by atoms with Crippen LogP contribution in [-0.4, -0.2) is 34.1 Å². The van der Waals surface area contributed by atoms with E-state index in [9.17, 15) is 9.59 Å². The summed E-state index contributed by atoms with van der Waals surface area (Å²) in [6.07, 6.45) is 0.816. The van der Waals surface area contributed by atoms with Gasteiger partial charge in [-0.2, -0.15) is 0 Å². The number of rotatable bonds is 5. The van der Waals surface area contributed by atoms with E-state index in [0.717, 1.165) is 40.2 Å². The number of aromatic nitrogens is 2. The van der Waals surface area contributed by atoms with Gasteiger partial charge in [-0.25, -0.2) is 4.98 Å². The van der Waals surface area contributed by atoms with Crippen LogP contribution in [0.3, 0.4) is 0 Å². The van der Waals surface area contributed by atoms with E-state index in [1.807, 2.05) is 49.4 Å². The Hall–Kier alpha value is -2.80. The number of carbonyl (C=O) groups is 2. The van der Waals surface area contributed by atoms with Crippen LogP contribution in [0.25, 0.3) is 11.0 Å². The second-order valence-electron chi connectivity index (χ2n) is 6.90. The molecule has 4 rings (SSSR count). The average molecular weight is 395 g/mol. The molecule has 0 fully saturated rings. The van der Waals surface area contributed by atoms with Crippen LogP contribution in [0.5, 0.6) is 0 Å². The molecule has 3 aromatic rings. The van der Waals surface area contributed by atoms with Gasteiger partial charge in [-0.15, -0.1) is 11.8 Å². The van der Waals surface area contributed by atoms with Crippen LogP contribution in [0.1, 0.15) is 30.5 Å². The number of nitrogens with zero attached hydrogens (tertiary/aromatic N) is 2. The maximum Gasteiger partial charge on any atom is 0.234 e. The molecule has 0 bridgehead atoms. The second kappa shape index (κ2) is 7.67. The Kier molecular flexibility index (Phi) is 5.09. The molecular formula is C21H22N4O2S. The minimum atomic E-state index is -0.0469. The Labute approximate surface area is 167 Å². The molecule has 0 radical (unpaired) electrons. The largest absolute Gasteiger partial charge is 0.341 e. The third-order valence-electron chi connectivity index (χ3n) is 4.90. The van der Waals surface area contributed by atoms with E-state index in [1.165, 1.54) is 0 Å². The molecule has 1 aliphatic rings. The number of H-pyrrole nitrogens is 1. The van der Waals surface area contributed by atoms with E-state index in [-0.39, 0.29) is 17.1 Å². The highest BCUT2D eigenvalue weighted by molar-refractivity contribution is 8.00. The number of hydrogen-bond donors (Lipinski definition) is 2. The van der Waals surface area contributed by atoms with Gasteiger partial charge in [0.1, 0.15) is 5.82 Å². The lowest BCUT2D eigenvalue weighted by Gasteiger charge is -2.15. The van der Waals surface area contributed by atoms with Crippen molar-refractivity contribution < 1.29 is 9.59 Å². The molecule has 1 unspecified atom stereocenters. The minimum absolute atomic E-state index is 0.0469. The number of imidazole rings is 1. The first-order valence-electron chi connectivity index (χ1n) is 9.28. The summed E-state index contributed by atoms with van der Waals surface area (Å²) in [6.45, 7) is 4.32. The zero-order valence-corrected chi connectivity index (χ0v) is 16.7. The molecule has 0 spiro atoms. The average Bonchev–Trinajstić information content (AvgIpc) is 3.29. The van der Waals surface area contributed by atoms with Gasteiger partial charge in [0.05, 0.1) is 22.0 Å². The number of hydrogen-bond acceptors (Lipinski definition) is 4. The summed E-state index contributed by atoms with van der Waals surface area (Å²) >= 11 is 1.54. The first kappa shape index (κ1) is 18.6. The van der Waals surface area contributed by atoms with Gasteiger partial charge >= 0.3 is 0 Å². The summed E-state index contributed by atoms with van der Waals surface area (Å²) in [7, 11) is 0. The maximum absolute atomic E-state index is 12.4. The van der Waals surface area contributed by atoms with Gasteiger partial charge < -0.3 is 15.2 Å². The van der Waals surface area contributed by atoms with E-state index in [2.05, 4.69) is 15.3 Å². The third-order valence-corrected chi connectivity index (χ3v) is 6.05. The highest BCUT2D eigenvalue weighted by atomic mass is 32.2. The SMILES string of the molecule is CC(=O)N1CCc2cc(NC(=O)CSC(C)c3nc4ccccc4[nH]3)ccc21. The molecule has 0 saturated heterocycles. The van der Waals surface area contributed by atoms with E-state index < -0.39 is 0 Å². The monoisotopic (exact) mass is 394 g/mol. The Morgan fingerprint density at radius 2 is 2.11 bits per heavy atom. The first-order chi connectivity index (χ1) is 13.5. The number of benzene rings is 2. The van der Waals surface area contributed by atoms with Gasteiger partial charge in [0.25, 0.3) is 0 Å². The molecule has 1 aliphatic heterocycles. The van der Waals surface area contributed by atoms with Crippen LogP contribution in [0.4, 0.5) is 11.4 Å². The predicted molar refractivity (Wildman–Crippen MR) is 114 cm³/mol. The summed E-state index contributed by atoms with van der Waals surface area (Å²) in [5.74, 6) is 1.22. The van der Waals surface area contributed by atoms with Crippen molar-refractivity contribution in [2.45, 2.75) is 25.5 Å². The van der Waals surface area contributed by atoms with Crippen molar-refractivity contribution in [3.63, 3.8) is 0 Å². The van der Waals surface area contributed by atoms with Crippen LogP contribution in [0.2, 0.25) is 0 Å². The van der Waals surface area contributed by atoms with Crippen molar-refractivity contribution in [3.8, 4) is 0 Å². The second-order valence-corrected chi connectivity index (χ2v) is 8.23. The van der Waals surface area contributed by atoms with Crippen LogP contribution in [0.15, 0.2) is 42.5 Å². The lowest BCUT2D eigenvalue weighted by Crippen LogP contribution is -2.25. The Bertz CT molecular complexity index is 1010. The van der Waals surface area contributed by atoms with Gasteiger partial charge in [0, 0.05) is 24.8 Å². The van der Waals surface area contributed by atoms with Crippen molar-refractivity contribution in [1.82, 2.24) is 9.97 Å². The number of thioether (sulfide) groups is 1.